The first kappa shape index (κ1) is 16.2. The largest absolute Gasteiger partial charge is 0.508 e. The Morgan fingerprint density at radius 1 is 0.773 bits per heavy atom. The summed E-state index contributed by atoms with van der Waals surface area (Å²) in [5.74, 6) is 1.12. The highest BCUT2D eigenvalue weighted by Gasteiger charge is 2.12. The SMILES string of the molecule is CC/C(=C(/CC(C)C)c1ccc(O)cc1)c1ccc(O)cc1. The topological polar surface area (TPSA) is 40.5 Å². The van der Waals surface area contributed by atoms with Gasteiger partial charge in [-0.15, -0.1) is 0 Å². The molecule has 2 rings (SSSR count). The molecule has 2 aromatic rings. The van der Waals surface area contributed by atoms with E-state index < -0.39 is 0 Å². The summed E-state index contributed by atoms with van der Waals surface area (Å²) in [7, 11) is 0. The van der Waals surface area contributed by atoms with Crippen LogP contribution in [0.15, 0.2) is 48.5 Å². The van der Waals surface area contributed by atoms with Crippen LogP contribution in [0.4, 0.5) is 0 Å². The van der Waals surface area contributed by atoms with E-state index in [4.69, 9.17) is 0 Å². The number of benzene rings is 2. The van der Waals surface area contributed by atoms with Crippen LogP contribution in [0.25, 0.3) is 11.1 Å². The minimum atomic E-state index is 0.286. The Balaban J connectivity index is 2.56. The summed E-state index contributed by atoms with van der Waals surface area (Å²) in [6.07, 6.45) is 1.91. The maximum atomic E-state index is 9.52. The standard InChI is InChI=1S/C20H24O2/c1-4-19(15-5-9-17(21)10-6-15)20(13-14(2)3)16-7-11-18(22)12-8-16/h5-12,14,21-22H,4,13H2,1-3H3/b20-19+. The maximum Gasteiger partial charge on any atom is 0.115 e. The fourth-order valence-corrected chi connectivity index (χ4v) is 2.74. The first-order chi connectivity index (χ1) is 10.5. The van der Waals surface area contributed by atoms with Crippen LogP contribution in [0.2, 0.25) is 0 Å². The van der Waals surface area contributed by atoms with E-state index in [0.717, 1.165) is 24.0 Å². The van der Waals surface area contributed by atoms with Gasteiger partial charge in [0.25, 0.3) is 0 Å². The molecule has 0 atom stereocenters. The minimum absolute atomic E-state index is 0.286. The fourth-order valence-electron chi connectivity index (χ4n) is 2.74. The third kappa shape index (κ3) is 3.91. The lowest BCUT2D eigenvalue weighted by Crippen LogP contribution is -1.97. The van der Waals surface area contributed by atoms with Crippen molar-refractivity contribution >= 4 is 11.1 Å². The molecule has 0 bridgehead atoms. The molecule has 2 heteroatoms. The zero-order valence-electron chi connectivity index (χ0n) is 13.5. The van der Waals surface area contributed by atoms with Crippen LogP contribution in [0.1, 0.15) is 44.7 Å². The van der Waals surface area contributed by atoms with Crippen LogP contribution in [0.3, 0.4) is 0 Å². The molecule has 2 N–H and O–H groups in total. The highest BCUT2D eigenvalue weighted by atomic mass is 16.3. The second kappa shape index (κ2) is 7.17. The van der Waals surface area contributed by atoms with Crippen molar-refractivity contribution in [3.05, 3.63) is 59.7 Å². The average molecular weight is 296 g/mol. The molecule has 116 valence electrons. The van der Waals surface area contributed by atoms with Crippen LogP contribution in [-0.2, 0) is 0 Å². The molecule has 0 heterocycles. The molecule has 22 heavy (non-hydrogen) atoms. The van der Waals surface area contributed by atoms with E-state index in [-0.39, 0.29) is 11.5 Å². The third-order valence-electron chi connectivity index (χ3n) is 3.76. The van der Waals surface area contributed by atoms with Gasteiger partial charge in [0.1, 0.15) is 11.5 Å². The van der Waals surface area contributed by atoms with Gasteiger partial charge in [-0.3, -0.25) is 0 Å². The lowest BCUT2D eigenvalue weighted by Gasteiger charge is -2.17. The Morgan fingerprint density at radius 3 is 1.55 bits per heavy atom. The predicted molar refractivity (Wildman–Crippen MR) is 92.8 cm³/mol. The molecule has 0 aromatic heterocycles. The van der Waals surface area contributed by atoms with Gasteiger partial charge in [0.15, 0.2) is 0 Å². The zero-order valence-corrected chi connectivity index (χ0v) is 13.5. The number of aromatic hydroxyl groups is 2. The van der Waals surface area contributed by atoms with Gasteiger partial charge in [0, 0.05) is 0 Å². The maximum absolute atomic E-state index is 9.52. The number of hydrogen-bond donors (Lipinski definition) is 2. The van der Waals surface area contributed by atoms with Crippen molar-refractivity contribution in [1.82, 2.24) is 0 Å². The van der Waals surface area contributed by atoms with Crippen molar-refractivity contribution in [3.8, 4) is 11.5 Å². The highest BCUT2D eigenvalue weighted by molar-refractivity contribution is 5.91. The smallest absolute Gasteiger partial charge is 0.115 e. The van der Waals surface area contributed by atoms with Crippen molar-refractivity contribution in [1.29, 1.82) is 0 Å². The van der Waals surface area contributed by atoms with Crippen molar-refractivity contribution in [2.24, 2.45) is 5.92 Å². The Bertz CT molecular complexity index is 634. The van der Waals surface area contributed by atoms with Gasteiger partial charge in [-0.25, -0.2) is 0 Å². The predicted octanol–water partition coefficient (Wildman–Crippen LogP) is 5.46. The van der Waals surface area contributed by atoms with Gasteiger partial charge in [-0.1, -0.05) is 45.0 Å². The van der Waals surface area contributed by atoms with E-state index in [1.165, 1.54) is 11.1 Å². The molecule has 0 radical (unpaired) electrons. The molecular formula is C20H24O2. The number of hydrogen-bond acceptors (Lipinski definition) is 2. The summed E-state index contributed by atoms with van der Waals surface area (Å²) in [5.41, 5.74) is 4.89. The second-order valence-corrected chi connectivity index (χ2v) is 6.00. The van der Waals surface area contributed by atoms with Crippen molar-refractivity contribution in [3.63, 3.8) is 0 Å². The van der Waals surface area contributed by atoms with Gasteiger partial charge in [-0.05, 0) is 65.3 Å². The van der Waals surface area contributed by atoms with E-state index in [2.05, 4.69) is 20.8 Å². The Hall–Kier alpha value is -2.22. The molecule has 0 amide bonds. The van der Waals surface area contributed by atoms with Gasteiger partial charge >= 0.3 is 0 Å². The number of phenols is 2. The van der Waals surface area contributed by atoms with Gasteiger partial charge < -0.3 is 10.2 Å². The normalized spacial score (nSPS) is 12.4. The Kier molecular flexibility index (Phi) is 5.26. The van der Waals surface area contributed by atoms with Crippen LogP contribution in [0, 0.1) is 5.92 Å². The van der Waals surface area contributed by atoms with Crippen LogP contribution >= 0.6 is 0 Å². The Labute approximate surface area is 132 Å². The first-order valence-electron chi connectivity index (χ1n) is 7.82. The van der Waals surface area contributed by atoms with Gasteiger partial charge in [-0.2, -0.15) is 0 Å². The second-order valence-electron chi connectivity index (χ2n) is 6.00. The van der Waals surface area contributed by atoms with Gasteiger partial charge in [0.2, 0.25) is 0 Å². The van der Waals surface area contributed by atoms with E-state index in [1.54, 1.807) is 24.3 Å². The lowest BCUT2D eigenvalue weighted by molar-refractivity contribution is 0.474. The molecule has 0 aliphatic carbocycles. The summed E-state index contributed by atoms with van der Waals surface area (Å²) in [5, 5.41) is 19.0. The highest BCUT2D eigenvalue weighted by Crippen LogP contribution is 2.34. The molecule has 0 spiro atoms. The van der Waals surface area contributed by atoms with Gasteiger partial charge in [0.05, 0.1) is 0 Å². The summed E-state index contributed by atoms with van der Waals surface area (Å²) in [6, 6.07) is 14.8. The molecule has 0 unspecified atom stereocenters. The van der Waals surface area contributed by atoms with Crippen LogP contribution in [0.5, 0.6) is 11.5 Å². The molecule has 2 aromatic carbocycles. The lowest BCUT2D eigenvalue weighted by atomic mass is 9.87. The average Bonchev–Trinajstić information content (AvgIpc) is 2.49. The molecule has 0 saturated carbocycles. The molecule has 0 saturated heterocycles. The number of phenolic OH excluding ortho intramolecular Hbond substituents is 2. The van der Waals surface area contributed by atoms with E-state index in [0.29, 0.717) is 5.92 Å². The summed E-state index contributed by atoms with van der Waals surface area (Å²) in [4.78, 5) is 0. The quantitative estimate of drug-likeness (QED) is 0.719. The minimum Gasteiger partial charge on any atom is -0.508 e. The van der Waals surface area contributed by atoms with E-state index in [9.17, 15) is 10.2 Å². The first-order valence-corrected chi connectivity index (χ1v) is 7.82. The van der Waals surface area contributed by atoms with E-state index in [1.807, 2.05) is 24.3 Å². The molecular weight excluding hydrogens is 272 g/mol. The van der Waals surface area contributed by atoms with E-state index >= 15 is 0 Å². The molecule has 2 nitrogen and oxygen atoms in total. The zero-order chi connectivity index (χ0) is 16.1. The molecule has 0 aliphatic heterocycles. The van der Waals surface area contributed by atoms with Crippen molar-refractivity contribution in [2.75, 3.05) is 0 Å². The fraction of sp³-hybridized carbons (Fsp3) is 0.300. The Morgan fingerprint density at radius 2 is 1.18 bits per heavy atom. The molecule has 0 fully saturated rings. The number of allylic oxidation sites excluding steroid dienone is 2. The van der Waals surface area contributed by atoms with Crippen molar-refractivity contribution < 1.29 is 10.2 Å². The number of rotatable bonds is 5. The van der Waals surface area contributed by atoms with Crippen LogP contribution in [-0.4, -0.2) is 10.2 Å². The summed E-state index contributed by atoms with van der Waals surface area (Å²) >= 11 is 0. The summed E-state index contributed by atoms with van der Waals surface area (Å²) < 4.78 is 0. The summed E-state index contributed by atoms with van der Waals surface area (Å²) in [6.45, 7) is 6.58. The van der Waals surface area contributed by atoms with Crippen LogP contribution < -0.4 is 0 Å². The molecule has 0 aliphatic rings. The van der Waals surface area contributed by atoms with Crippen molar-refractivity contribution in [2.45, 2.75) is 33.6 Å². The monoisotopic (exact) mass is 296 g/mol. The third-order valence-corrected chi connectivity index (χ3v) is 3.76.